The van der Waals surface area contributed by atoms with Gasteiger partial charge in [0.2, 0.25) is 0 Å². The van der Waals surface area contributed by atoms with E-state index in [4.69, 9.17) is 4.74 Å². The first-order chi connectivity index (χ1) is 8.69. The summed E-state index contributed by atoms with van der Waals surface area (Å²) in [5, 5.41) is 0. The third-order valence-electron chi connectivity index (χ3n) is 4.32. The first-order valence-electron chi connectivity index (χ1n) is 6.46. The molecule has 98 valence electrons. The third-order valence-corrected chi connectivity index (χ3v) is 5.43. The average Bonchev–Trinajstić information content (AvgIpc) is 2.97. The van der Waals surface area contributed by atoms with Crippen LogP contribution in [0.5, 0.6) is 0 Å². The third kappa shape index (κ3) is 2.11. The highest BCUT2D eigenvalue weighted by Gasteiger charge is 2.41. The molecule has 2 aliphatic rings. The average molecular weight is 360 g/mol. The molecule has 5 heteroatoms. The van der Waals surface area contributed by atoms with Crippen LogP contribution in [0.2, 0.25) is 0 Å². The summed E-state index contributed by atoms with van der Waals surface area (Å²) in [6.45, 7) is 0.413. The van der Waals surface area contributed by atoms with Crippen LogP contribution in [-0.4, -0.2) is 17.1 Å². The Labute approximate surface area is 120 Å². The van der Waals surface area contributed by atoms with Crippen LogP contribution >= 0.6 is 22.6 Å². The van der Waals surface area contributed by atoms with E-state index in [0.29, 0.717) is 16.1 Å². The molecule has 0 aliphatic heterocycles. The molecule has 4 nitrogen and oxygen atoms in total. The molecule has 0 saturated heterocycles. The summed E-state index contributed by atoms with van der Waals surface area (Å²) < 4.78 is 5.78. The number of aromatic amines is 1. The normalized spacial score (nSPS) is 30.0. The van der Waals surface area contributed by atoms with E-state index in [1.54, 1.807) is 7.11 Å². The van der Waals surface area contributed by atoms with Crippen LogP contribution in [0.4, 0.5) is 0 Å². The van der Waals surface area contributed by atoms with E-state index in [1.807, 2.05) is 22.6 Å². The summed E-state index contributed by atoms with van der Waals surface area (Å²) >= 11 is 2.05. The highest BCUT2D eigenvalue weighted by Crippen LogP contribution is 2.51. The predicted molar refractivity (Wildman–Crippen MR) is 76.5 cm³/mol. The van der Waals surface area contributed by atoms with Crippen molar-refractivity contribution in [3.63, 3.8) is 0 Å². The molecule has 0 radical (unpaired) electrons. The molecule has 3 rings (SSSR count). The number of rotatable bonds is 3. The van der Waals surface area contributed by atoms with E-state index in [9.17, 15) is 4.79 Å². The van der Waals surface area contributed by atoms with Crippen molar-refractivity contribution in [2.75, 3.05) is 7.11 Å². The number of halogens is 1. The number of fused-ring (bicyclic) bond motifs is 2. The van der Waals surface area contributed by atoms with Crippen molar-refractivity contribution in [1.29, 1.82) is 0 Å². The maximum atomic E-state index is 11.9. The number of H-pyrrole nitrogens is 1. The summed E-state index contributed by atoms with van der Waals surface area (Å²) in [5.74, 6) is 2.94. The lowest BCUT2D eigenvalue weighted by Crippen LogP contribution is -2.22. The molecule has 0 aromatic carbocycles. The van der Waals surface area contributed by atoms with Crippen LogP contribution in [0.15, 0.2) is 4.79 Å². The van der Waals surface area contributed by atoms with Crippen LogP contribution in [0, 0.1) is 15.4 Å². The van der Waals surface area contributed by atoms with Crippen LogP contribution in [0.25, 0.3) is 0 Å². The van der Waals surface area contributed by atoms with Crippen molar-refractivity contribution in [3.05, 3.63) is 25.4 Å². The van der Waals surface area contributed by atoms with Gasteiger partial charge in [0.15, 0.2) is 0 Å². The van der Waals surface area contributed by atoms with Gasteiger partial charge in [-0.3, -0.25) is 4.79 Å². The van der Waals surface area contributed by atoms with Gasteiger partial charge in [-0.2, -0.15) is 0 Å². The Hall–Kier alpha value is -0.430. The maximum Gasteiger partial charge on any atom is 0.264 e. The zero-order chi connectivity index (χ0) is 12.7. The lowest BCUT2D eigenvalue weighted by molar-refractivity contribution is 0.180. The number of methoxy groups -OCH3 is 1. The van der Waals surface area contributed by atoms with Crippen LogP contribution < -0.4 is 5.56 Å². The van der Waals surface area contributed by atoms with Crippen molar-refractivity contribution < 1.29 is 4.74 Å². The minimum atomic E-state index is -0.0181. The standard InChI is InChI=1S/C13H17IN2O2/c1-18-6-10-11(14)13(17)16-12(15-10)9-5-7-2-3-8(9)4-7/h7-9H,2-6H2,1H3,(H,15,16,17). The van der Waals surface area contributed by atoms with Gasteiger partial charge in [0.05, 0.1) is 12.3 Å². The molecule has 2 fully saturated rings. The van der Waals surface area contributed by atoms with Gasteiger partial charge in [-0.25, -0.2) is 4.98 Å². The lowest BCUT2D eigenvalue weighted by atomic mass is 9.88. The molecule has 1 aromatic rings. The Morgan fingerprint density at radius 2 is 2.28 bits per heavy atom. The van der Waals surface area contributed by atoms with Gasteiger partial charge in [-0.05, 0) is 53.7 Å². The molecule has 18 heavy (non-hydrogen) atoms. The van der Waals surface area contributed by atoms with Gasteiger partial charge in [0.1, 0.15) is 9.39 Å². The van der Waals surface area contributed by atoms with E-state index in [0.717, 1.165) is 23.4 Å². The van der Waals surface area contributed by atoms with Crippen LogP contribution in [-0.2, 0) is 11.3 Å². The molecule has 1 aromatic heterocycles. The highest BCUT2D eigenvalue weighted by molar-refractivity contribution is 14.1. The molecule has 0 spiro atoms. The number of nitrogens with one attached hydrogen (secondary N) is 1. The van der Waals surface area contributed by atoms with Crippen molar-refractivity contribution in [2.45, 2.75) is 38.2 Å². The Kier molecular flexibility index (Phi) is 3.44. The minimum Gasteiger partial charge on any atom is -0.378 e. The van der Waals surface area contributed by atoms with Crippen molar-refractivity contribution >= 4 is 22.6 Å². The van der Waals surface area contributed by atoms with Gasteiger partial charge < -0.3 is 9.72 Å². The Balaban J connectivity index is 1.95. The number of ether oxygens (including phenoxy) is 1. The van der Waals surface area contributed by atoms with Crippen LogP contribution in [0.1, 0.15) is 43.1 Å². The molecule has 1 N–H and O–H groups in total. The molecule has 3 atom stereocenters. The minimum absolute atomic E-state index is 0.0181. The maximum absolute atomic E-state index is 11.9. The molecule has 2 aliphatic carbocycles. The first-order valence-corrected chi connectivity index (χ1v) is 7.54. The summed E-state index contributed by atoms with van der Waals surface area (Å²) in [7, 11) is 1.64. The van der Waals surface area contributed by atoms with Gasteiger partial charge >= 0.3 is 0 Å². The topological polar surface area (TPSA) is 55.0 Å². The molecule has 2 saturated carbocycles. The van der Waals surface area contributed by atoms with Gasteiger partial charge in [-0.15, -0.1) is 0 Å². The number of aromatic nitrogens is 2. The molecular weight excluding hydrogens is 343 g/mol. The summed E-state index contributed by atoms with van der Waals surface area (Å²) in [6.07, 6.45) is 5.17. The molecule has 0 amide bonds. The van der Waals surface area contributed by atoms with Gasteiger partial charge in [0, 0.05) is 13.0 Å². The van der Waals surface area contributed by atoms with Crippen molar-refractivity contribution in [3.8, 4) is 0 Å². The number of hydrogen-bond acceptors (Lipinski definition) is 3. The quantitative estimate of drug-likeness (QED) is 0.843. The van der Waals surface area contributed by atoms with E-state index < -0.39 is 0 Å². The Morgan fingerprint density at radius 1 is 1.44 bits per heavy atom. The summed E-state index contributed by atoms with van der Waals surface area (Å²) in [6, 6.07) is 0. The smallest absolute Gasteiger partial charge is 0.264 e. The largest absolute Gasteiger partial charge is 0.378 e. The number of nitrogens with zero attached hydrogens (tertiary/aromatic N) is 1. The lowest BCUT2D eigenvalue weighted by Gasteiger charge is -2.21. The first kappa shape index (κ1) is 12.6. The predicted octanol–water partition coefficient (Wildman–Crippen LogP) is 2.42. The summed E-state index contributed by atoms with van der Waals surface area (Å²) in [5.41, 5.74) is 0.759. The Bertz CT molecular complexity index is 514. The summed E-state index contributed by atoms with van der Waals surface area (Å²) in [4.78, 5) is 19.5. The van der Waals surface area contributed by atoms with Gasteiger partial charge in [-0.1, -0.05) is 6.42 Å². The molecule has 2 bridgehead atoms. The second kappa shape index (κ2) is 4.92. The van der Waals surface area contributed by atoms with Crippen molar-refractivity contribution in [2.24, 2.45) is 11.8 Å². The van der Waals surface area contributed by atoms with E-state index >= 15 is 0 Å². The molecular formula is C13H17IN2O2. The Morgan fingerprint density at radius 3 is 2.89 bits per heavy atom. The fourth-order valence-electron chi connectivity index (χ4n) is 3.51. The SMILES string of the molecule is COCc1nc(C2CC3CCC2C3)[nH]c(=O)c1I. The zero-order valence-electron chi connectivity index (χ0n) is 10.4. The fourth-order valence-corrected chi connectivity index (χ4v) is 3.92. The zero-order valence-corrected chi connectivity index (χ0v) is 12.6. The van der Waals surface area contributed by atoms with Crippen LogP contribution in [0.3, 0.4) is 0 Å². The monoisotopic (exact) mass is 360 g/mol. The highest BCUT2D eigenvalue weighted by atomic mass is 127. The second-order valence-electron chi connectivity index (χ2n) is 5.43. The van der Waals surface area contributed by atoms with Crippen molar-refractivity contribution in [1.82, 2.24) is 9.97 Å². The molecule has 1 heterocycles. The fraction of sp³-hybridized carbons (Fsp3) is 0.692. The van der Waals surface area contributed by atoms with E-state index in [-0.39, 0.29) is 5.56 Å². The van der Waals surface area contributed by atoms with E-state index in [2.05, 4.69) is 9.97 Å². The second-order valence-corrected chi connectivity index (χ2v) is 6.50. The van der Waals surface area contributed by atoms with Gasteiger partial charge in [0.25, 0.3) is 5.56 Å². The van der Waals surface area contributed by atoms with E-state index in [1.165, 1.54) is 25.7 Å². The number of hydrogen-bond donors (Lipinski definition) is 1. The molecule has 3 unspecified atom stereocenters.